The first kappa shape index (κ1) is 17.3. The van der Waals surface area contributed by atoms with Crippen LogP contribution in [-0.4, -0.2) is 35.1 Å². The first-order valence-corrected chi connectivity index (χ1v) is 9.24. The lowest BCUT2D eigenvalue weighted by atomic mass is 9.82. The molecule has 4 rings (SSSR count). The van der Waals surface area contributed by atoms with Gasteiger partial charge in [-0.2, -0.15) is 0 Å². The summed E-state index contributed by atoms with van der Waals surface area (Å²) in [6, 6.07) is 5.48. The van der Waals surface area contributed by atoms with Gasteiger partial charge in [0.15, 0.2) is 17.3 Å². The van der Waals surface area contributed by atoms with Crippen molar-refractivity contribution in [3.63, 3.8) is 0 Å². The summed E-state index contributed by atoms with van der Waals surface area (Å²) in [5.41, 5.74) is 1.44. The lowest BCUT2D eigenvalue weighted by Crippen LogP contribution is -2.34. The lowest BCUT2D eigenvalue weighted by molar-refractivity contribution is 0.0963. The molecule has 26 heavy (non-hydrogen) atoms. The maximum absolute atomic E-state index is 12.9. The zero-order valence-electron chi connectivity index (χ0n) is 14.5. The minimum atomic E-state index is 0.132. The van der Waals surface area contributed by atoms with Crippen molar-refractivity contribution in [1.82, 2.24) is 9.40 Å². The molecule has 0 bridgehead atoms. The Morgan fingerprint density at radius 3 is 3.00 bits per heavy atom. The standard InChI is InChI=1S/C20H21ClN2O3/c1-2-13-11-23(21)8-6-14(13)3-4-18(24)15-5-7-22-17-10-20-19(9-16(15)17)25-12-26-20/h2,5,7,9-10,13-14H,1,3-4,6,8,11-12H2/t13-,14+/m0/s1. The molecule has 136 valence electrons. The molecule has 0 aliphatic carbocycles. The van der Waals surface area contributed by atoms with Crippen LogP contribution in [0.2, 0.25) is 0 Å². The molecule has 2 aliphatic heterocycles. The Labute approximate surface area is 157 Å². The molecule has 3 heterocycles. The third-order valence-corrected chi connectivity index (χ3v) is 5.65. The average molecular weight is 373 g/mol. The number of Topliss-reactive ketones (excluding diaryl/α,β-unsaturated/α-hetero) is 1. The highest BCUT2D eigenvalue weighted by Gasteiger charge is 2.27. The summed E-state index contributed by atoms with van der Waals surface area (Å²) < 4.78 is 12.7. The molecule has 0 spiro atoms. The van der Waals surface area contributed by atoms with Crippen molar-refractivity contribution in [2.75, 3.05) is 19.9 Å². The molecule has 0 radical (unpaired) electrons. The van der Waals surface area contributed by atoms with Crippen LogP contribution in [0.3, 0.4) is 0 Å². The summed E-state index contributed by atoms with van der Waals surface area (Å²) in [6.07, 6.45) is 5.98. The number of hydrogen-bond acceptors (Lipinski definition) is 5. The Hall–Kier alpha value is -2.11. The van der Waals surface area contributed by atoms with Crippen LogP contribution in [0.25, 0.3) is 10.9 Å². The smallest absolute Gasteiger partial charge is 0.231 e. The van der Waals surface area contributed by atoms with E-state index in [1.165, 1.54) is 0 Å². The van der Waals surface area contributed by atoms with Crippen molar-refractivity contribution in [3.8, 4) is 11.5 Å². The predicted molar refractivity (Wildman–Crippen MR) is 101 cm³/mol. The Morgan fingerprint density at radius 2 is 2.19 bits per heavy atom. The molecule has 2 aliphatic rings. The van der Waals surface area contributed by atoms with Crippen LogP contribution in [-0.2, 0) is 0 Å². The van der Waals surface area contributed by atoms with Gasteiger partial charge in [-0.1, -0.05) is 6.08 Å². The van der Waals surface area contributed by atoms with E-state index in [9.17, 15) is 4.79 Å². The fraction of sp³-hybridized carbons (Fsp3) is 0.400. The third-order valence-electron chi connectivity index (χ3n) is 5.34. The summed E-state index contributed by atoms with van der Waals surface area (Å²) in [4.78, 5) is 17.3. The van der Waals surface area contributed by atoms with Gasteiger partial charge < -0.3 is 9.47 Å². The zero-order chi connectivity index (χ0) is 18.1. The average Bonchev–Trinajstić information content (AvgIpc) is 3.11. The van der Waals surface area contributed by atoms with Crippen molar-refractivity contribution in [2.24, 2.45) is 11.8 Å². The molecule has 1 aromatic carbocycles. The second-order valence-electron chi connectivity index (χ2n) is 6.86. The fourth-order valence-corrected chi connectivity index (χ4v) is 4.10. The second-order valence-corrected chi connectivity index (χ2v) is 7.34. The van der Waals surface area contributed by atoms with E-state index in [0.717, 1.165) is 36.8 Å². The number of benzene rings is 1. The molecular weight excluding hydrogens is 352 g/mol. The normalized spacial score (nSPS) is 22.5. The predicted octanol–water partition coefficient (Wildman–Crippen LogP) is 4.20. The van der Waals surface area contributed by atoms with Crippen LogP contribution in [0.15, 0.2) is 37.1 Å². The van der Waals surface area contributed by atoms with E-state index in [-0.39, 0.29) is 12.6 Å². The molecule has 5 nitrogen and oxygen atoms in total. The highest BCUT2D eigenvalue weighted by Crippen LogP contribution is 2.37. The number of rotatable bonds is 5. The van der Waals surface area contributed by atoms with E-state index < -0.39 is 0 Å². The van der Waals surface area contributed by atoms with Crippen molar-refractivity contribution < 1.29 is 14.3 Å². The molecule has 2 aromatic rings. The minimum Gasteiger partial charge on any atom is -0.454 e. The molecule has 6 heteroatoms. The highest BCUT2D eigenvalue weighted by atomic mass is 35.5. The summed E-state index contributed by atoms with van der Waals surface area (Å²) in [7, 11) is 0. The van der Waals surface area contributed by atoms with Gasteiger partial charge >= 0.3 is 0 Å². The van der Waals surface area contributed by atoms with Crippen molar-refractivity contribution in [3.05, 3.63) is 42.6 Å². The maximum atomic E-state index is 12.9. The first-order chi connectivity index (χ1) is 12.7. The van der Waals surface area contributed by atoms with E-state index in [1.807, 2.05) is 22.6 Å². The maximum Gasteiger partial charge on any atom is 0.231 e. The van der Waals surface area contributed by atoms with Gasteiger partial charge in [-0.15, -0.1) is 6.58 Å². The zero-order valence-corrected chi connectivity index (χ0v) is 15.2. The summed E-state index contributed by atoms with van der Waals surface area (Å²) in [5, 5.41) is 0.817. The number of pyridine rings is 1. The van der Waals surface area contributed by atoms with Gasteiger partial charge in [0.25, 0.3) is 0 Å². The summed E-state index contributed by atoms with van der Waals surface area (Å²) in [6.45, 7) is 5.78. The van der Waals surface area contributed by atoms with Crippen LogP contribution in [0.1, 0.15) is 29.6 Å². The number of fused-ring (bicyclic) bond motifs is 2. The Balaban J connectivity index is 1.52. The summed E-state index contributed by atoms with van der Waals surface area (Å²) >= 11 is 6.12. The number of nitrogens with zero attached hydrogens (tertiary/aromatic N) is 2. The number of piperidine rings is 1. The highest BCUT2D eigenvalue weighted by molar-refractivity contribution is 6.13. The molecule has 0 saturated carbocycles. The SMILES string of the molecule is C=C[C@H]1CN(Cl)CC[C@H]1CCC(=O)c1ccnc2cc3c(cc12)OCO3. The molecule has 0 N–H and O–H groups in total. The number of carbonyl (C=O) groups excluding carboxylic acids is 1. The minimum absolute atomic E-state index is 0.132. The van der Waals surface area contributed by atoms with Gasteiger partial charge in [0, 0.05) is 42.7 Å². The number of carbonyl (C=O) groups is 1. The Morgan fingerprint density at radius 1 is 1.38 bits per heavy atom. The number of halogens is 1. The van der Waals surface area contributed by atoms with Crippen molar-refractivity contribution in [1.29, 1.82) is 0 Å². The van der Waals surface area contributed by atoms with Gasteiger partial charge in [0.2, 0.25) is 6.79 Å². The summed E-state index contributed by atoms with van der Waals surface area (Å²) in [5.74, 6) is 2.25. The van der Waals surface area contributed by atoms with Crippen molar-refractivity contribution in [2.45, 2.75) is 19.3 Å². The molecule has 0 amide bonds. The number of ether oxygens (including phenoxy) is 2. The van der Waals surface area contributed by atoms with Gasteiger partial charge in [-0.25, -0.2) is 4.42 Å². The largest absolute Gasteiger partial charge is 0.454 e. The van der Waals surface area contributed by atoms with Gasteiger partial charge in [-0.3, -0.25) is 9.78 Å². The Kier molecular flexibility index (Phi) is 4.83. The van der Waals surface area contributed by atoms with Crippen LogP contribution < -0.4 is 9.47 Å². The fourth-order valence-electron chi connectivity index (χ4n) is 3.84. The van der Waals surface area contributed by atoms with Crippen LogP contribution in [0, 0.1) is 11.8 Å². The molecular formula is C20H21ClN2O3. The lowest BCUT2D eigenvalue weighted by Gasteiger charge is -2.33. The van der Waals surface area contributed by atoms with E-state index in [0.29, 0.717) is 35.3 Å². The van der Waals surface area contributed by atoms with E-state index in [4.69, 9.17) is 21.3 Å². The van der Waals surface area contributed by atoms with Gasteiger partial charge in [-0.05, 0) is 48.6 Å². The molecule has 2 atom stereocenters. The topological polar surface area (TPSA) is 51.7 Å². The quantitative estimate of drug-likeness (QED) is 0.447. The monoisotopic (exact) mass is 372 g/mol. The van der Waals surface area contributed by atoms with Crippen molar-refractivity contribution >= 4 is 28.5 Å². The molecule has 1 aromatic heterocycles. The second kappa shape index (κ2) is 7.25. The van der Waals surface area contributed by atoms with Crippen LogP contribution in [0.5, 0.6) is 11.5 Å². The molecule has 0 unspecified atom stereocenters. The van der Waals surface area contributed by atoms with Gasteiger partial charge in [0.05, 0.1) is 5.52 Å². The van der Waals surface area contributed by atoms with E-state index in [1.54, 1.807) is 12.3 Å². The number of aromatic nitrogens is 1. The van der Waals surface area contributed by atoms with E-state index in [2.05, 4.69) is 11.6 Å². The van der Waals surface area contributed by atoms with Crippen LogP contribution >= 0.6 is 11.8 Å². The number of ketones is 1. The van der Waals surface area contributed by atoms with E-state index >= 15 is 0 Å². The number of hydrogen-bond donors (Lipinski definition) is 0. The first-order valence-electron chi connectivity index (χ1n) is 8.90. The molecule has 1 saturated heterocycles. The molecule has 1 fully saturated rings. The van der Waals surface area contributed by atoms with Crippen LogP contribution in [0.4, 0.5) is 0 Å². The third kappa shape index (κ3) is 3.29. The van der Waals surface area contributed by atoms with Gasteiger partial charge in [0.1, 0.15) is 0 Å². The Bertz CT molecular complexity index is 854.